The van der Waals surface area contributed by atoms with Gasteiger partial charge in [0.05, 0.1) is 30.0 Å². The van der Waals surface area contributed by atoms with Crippen LogP contribution >= 0.6 is 11.3 Å². The molecule has 2 aromatic carbocycles. The van der Waals surface area contributed by atoms with Crippen molar-refractivity contribution in [3.63, 3.8) is 0 Å². The summed E-state index contributed by atoms with van der Waals surface area (Å²) in [5.74, 6) is 0.587. The van der Waals surface area contributed by atoms with Crippen LogP contribution in [-0.4, -0.2) is 24.5 Å². The molecule has 1 aromatic heterocycles. The van der Waals surface area contributed by atoms with E-state index in [1.54, 1.807) is 18.4 Å². The molecule has 1 amide bonds. The molecule has 0 fully saturated rings. The lowest BCUT2D eigenvalue weighted by Gasteiger charge is -2.12. The highest BCUT2D eigenvalue weighted by atomic mass is 32.1. The summed E-state index contributed by atoms with van der Waals surface area (Å²) in [4.78, 5) is 16.8. The Morgan fingerprint density at radius 1 is 1.19 bits per heavy atom. The monoisotopic (exact) mass is 367 g/mol. The van der Waals surface area contributed by atoms with Crippen molar-refractivity contribution < 1.29 is 9.53 Å². The molecule has 5 nitrogen and oxygen atoms in total. The first-order chi connectivity index (χ1) is 12.5. The van der Waals surface area contributed by atoms with Gasteiger partial charge in [0.2, 0.25) is 5.91 Å². The minimum atomic E-state index is -0.125. The van der Waals surface area contributed by atoms with E-state index in [2.05, 4.69) is 15.6 Å². The number of rotatable bonds is 6. The van der Waals surface area contributed by atoms with Crippen molar-refractivity contribution in [3.8, 4) is 17.0 Å². The van der Waals surface area contributed by atoms with Crippen LogP contribution in [0.3, 0.4) is 0 Å². The number of hydrogen-bond donors (Lipinski definition) is 2. The van der Waals surface area contributed by atoms with Crippen molar-refractivity contribution in [1.82, 2.24) is 4.98 Å². The number of ether oxygens (including phenoxy) is 1. The van der Waals surface area contributed by atoms with Gasteiger partial charge >= 0.3 is 0 Å². The van der Waals surface area contributed by atoms with E-state index < -0.39 is 0 Å². The van der Waals surface area contributed by atoms with E-state index in [0.717, 1.165) is 33.2 Å². The molecular formula is C20H21N3O2S. The van der Waals surface area contributed by atoms with Crippen LogP contribution < -0.4 is 15.4 Å². The molecule has 0 saturated heterocycles. The Balaban J connectivity index is 1.64. The predicted octanol–water partition coefficient (Wildman–Crippen LogP) is 4.49. The molecule has 0 radical (unpaired) electrons. The van der Waals surface area contributed by atoms with Crippen molar-refractivity contribution in [2.75, 3.05) is 24.3 Å². The van der Waals surface area contributed by atoms with E-state index >= 15 is 0 Å². The van der Waals surface area contributed by atoms with Crippen LogP contribution in [0.4, 0.5) is 11.4 Å². The van der Waals surface area contributed by atoms with Gasteiger partial charge in [-0.15, -0.1) is 11.3 Å². The summed E-state index contributed by atoms with van der Waals surface area (Å²) in [6.45, 7) is 4.13. The van der Waals surface area contributed by atoms with Crippen molar-refractivity contribution in [3.05, 3.63) is 58.4 Å². The van der Waals surface area contributed by atoms with Gasteiger partial charge in [-0.3, -0.25) is 4.79 Å². The summed E-state index contributed by atoms with van der Waals surface area (Å²) in [5.41, 5.74) is 4.55. The third kappa shape index (κ3) is 4.40. The van der Waals surface area contributed by atoms with Gasteiger partial charge in [-0.1, -0.05) is 18.2 Å². The molecule has 0 unspecified atom stereocenters. The van der Waals surface area contributed by atoms with Crippen molar-refractivity contribution >= 4 is 28.6 Å². The number of aromatic nitrogens is 1. The first-order valence-electron chi connectivity index (χ1n) is 8.26. The van der Waals surface area contributed by atoms with Gasteiger partial charge in [0.15, 0.2) is 0 Å². The highest BCUT2D eigenvalue weighted by Gasteiger charge is 2.08. The summed E-state index contributed by atoms with van der Waals surface area (Å²) >= 11 is 1.61. The molecule has 0 aliphatic carbocycles. The largest absolute Gasteiger partial charge is 0.495 e. The summed E-state index contributed by atoms with van der Waals surface area (Å²) in [5, 5.41) is 9.08. The van der Waals surface area contributed by atoms with Crippen LogP contribution in [0.25, 0.3) is 11.3 Å². The van der Waals surface area contributed by atoms with Gasteiger partial charge in [0, 0.05) is 16.6 Å². The van der Waals surface area contributed by atoms with Crippen molar-refractivity contribution in [1.29, 1.82) is 0 Å². The Hall–Kier alpha value is -2.86. The minimum Gasteiger partial charge on any atom is -0.495 e. The highest BCUT2D eigenvalue weighted by Crippen LogP contribution is 2.26. The average Bonchev–Trinajstić information content (AvgIpc) is 3.07. The zero-order valence-electron chi connectivity index (χ0n) is 15.0. The summed E-state index contributed by atoms with van der Waals surface area (Å²) in [6, 6.07) is 13.5. The quantitative estimate of drug-likeness (QED) is 0.674. The van der Waals surface area contributed by atoms with E-state index in [-0.39, 0.29) is 12.5 Å². The number of benzene rings is 2. The fourth-order valence-corrected chi connectivity index (χ4v) is 3.21. The average molecular weight is 367 g/mol. The van der Waals surface area contributed by atoms with Gasteiger partial charge in [-0.25, -0.2) is 4.98 Å². The number of amides is 1. The van der Waals surface area contributed by atoms with E-state index in [9.17, 15) is 4.79 Å². The van der Waals surface area contributed by atoms with Crippen LogP contribution in [0.5, 0.6) is 5.75 Å². The Morgan fingerprint density at radius 2 is 2.04 bits per heavy atom. The summed E-state index contributed by atoms with van der Waals surface area (Å²) in [6.07, 6.45) is 0. The van der Waals surface area contributed by atoms with E-state index in [1.165, 1.54) is 0 Å². The van der Waals surface area contributed by atoms with Gasteiger partial charge in [-0.2, -0.15) is 0 Å². The number of carbonyl (C=O) groups is 1. The van der Waals surface area contributed by atoms with E-state index in [1.807, 2.05) is 61.7 Å². The molecule has 0 aliphatic heterocycles. The lowest BCUT2D eigenvalue weighted by atomic mass is 10.1. The molecule has 0 spiro atoms. The smallest absolute Gasteiger partial charge is 0.243 e. The molecule has 3 aromatic rings. The van der Waals surface area contributed by atoms with Crippen molar-refractivity contribution in [2.24, 2.45) is 0 Å². The van der Waals surface area contributed by atoms with Crippen LogP contribution in [0.15, 0.2) is 47.8 Å². The summed E-state index contributed by atoms with van der Waals surface area (Å²) in [7, 11) is 1.61. The highest BCUT2D eigenvalue weighted by molar-refractivity contribution is 7.09. The second kappa shape index (κ2) is 8.01. The number of anilines is 2. The number of thiazole rings is 1. The number of nitrogens with zero attached hydrogens (tertiary/aromatic N) is 1. The fraction of sp³-hybridized carbons (Fsp3) is 0.200. The number of hydrogen-bond acceptors (Lipinski definition) is 5. The third-order valence-corrected chi connectivity index (χ3v) is 4.63. The van der Waals surface area contributed by atoms with E-state index in [0.29, 0.717) is 5.75 Å². The first kappa shape index (κ1) is 17.9. The van der Waals surface area contributed by atoms with Gasteiger partial charge in [0.1, 0.15) is 5.75 Å². The van der Waals surface area contributed by atoms with Crippen LogP contribution in [-0.2, 0) is 4.79 Å². The van der Waals surface area contributed by atoms with E-state index in [4.69, 9.17) is 4.74 Å². The van der Waals surface area contributed by atoms with Crippen LogP contribution in [0.1, 0.15) is 10.6 Å². The van der Waals surface area contributed by atoms with Gasteiger partial charge in [-0.05, 0) is 43.7 Å². The zero-order valence-corrected chi connectivity index (χ0v) is 15.8. The lowest BCUT2D eigenvalue weighted by molar-refractivity contribution is -0.114. The third-order valence-electron chi connectivity index (χ3n) is 3.86. The normalized spacial score (nSPS) is 10.4. The Morgan fingerprint density at radius 3 is 2.77 bits per heavy atom. The Kier molecular flexibility index (Phi) is 5.53. The molecule has 1 heterocycles. The summed E-state index contributed by atoms with van der Waals surface area (Å²) < 4.78 is 5.32. The van der Waals surface area contributed by atoms with Crippen molar-refractivity contribution in [2.45, 2.75) is 13.8 Å². The Labute approximate surface area is 157 Å². The molecule has 0 aliphatic rings. The standard InChI is InChI=1S/C20H21N3O2S/c1-13-7-8-19(25-3)17(9-13)21-11-20(24)23-16-6-4-5-15(10-16)18-12-26-14(2)22-18/h4-10,12,21H,11H2,1-3H3,(H,23,24). The topological polar surface area (TPSA) is 63.2 Å². The lowest BCUT2D eigenvalue weighted by Crippen LogP contribution is -2.22. The molecule has 26 heavy (non-hydrogen) atoms. The molecule has 0 atom stereocenters. The Bertz CT molecular complexity index is 921. The van der Waals surface area contributed by atoms with Gasteiger partial charge < -0.3 is 15.4 Å². The fourth-order valence-electron chi connectivity index (χ4n) is 2.59. The maximum atomic E-state index is 12.3. The maximum absolute atomic E-state index is 12.3. The van der Waals surface area contributed by atoms with Crippen LogP contribution in [0.2, 0.25) is 0 Å². The molecule has 0 bridgehead atoms. The number of methoxy groups -OCH3 is 1. The molecule has 0 saturated carbocycles. The molecule has 134 valence electrons. The first-order valence-corrected chi connectivity index (χ1v) is 9.14. The number of carbonyl (C=O) groups excluding carboxylic acids is 1. The second-order valence-electron chi connectivity index (χ2n) is 5.94. The maximum Gasteiger partial charge on any atom is 0.243 e. The zero-order chi connectivity index (χ0) is 18.5. The van der Waals surface area contributed by atoms with Crippen LogP contribution in [0, 0.1) is 13.8 Å². The minimum absolute atomic E-state index is 0.125. The molecule has 2 N–H and O–H groups in total. The predicted molar refractivity (Wildman–Crippen MR) is 107 cm³/mol. The molecule has 3 rings (SSSR count). The number of aryl methyl sites for hydroxylation is 2. The molecule has 6 heteroatoms. The second-order valence-corrected chi connectivity index (χ2v) is 7.00. The van der Waals surface area contributed by atoms with Gasteiger partial charge in [0.25, 0.3) is 0 Å². The SMILES string of the molecule is COc1ccc(C)cc1NCC(=O)Nc1cccc(-c2csc(C)n2)c1. The number of nitrogens with one attached hydrogen (secondary N) is 2. The molecular weight excluding hydrogens is 346 g/mol.